The number of amides is 1. The highest BCUT2D eigenvalue weighted by Crippen LogP contribution is 2.26. The van der Waals surface area contributed by atoms with Gasteiger partial charge in [-0.15, -0.1) is 0 Å². The van der Waals surface area contributed by atoms with Gasteiger partial charge in [-0.2, -0.15) is 13.2 Å². The summed E-state index contributed by atoms with van der Waals surface area (Å²) < 4.78 is 41.8. The summed E-state index contributed by atoms with van der Waals surface area (Å²) in [6.07, 6.45) is -2.93. The van der Waals surface area contributed by atoms with Crippen molar-refractivity contribution in [2.24, 2.45) is 0 Å². The zero-order valence-corrected chi connectivity index (χ0v) is 16.5. The summed E-state index contributed by atoms with van der Waals surface area (Å²) in [6.45, 7) is 4.77. The Bertz CT molecular complexity index is 867. The van der Waals surface area contributed by atoms with Gasteiger partial charge in [0.25, 0.3) is 5.91 Å². The second-order valence-corrected chi connectivity index (χ2v) is 7.06. The predicted molar refractivity (Wildman–Crippen MR) is 102 cm³/mol. The van der Waals surface area contributed by atoms with E-state index in [2.05, 4.69) is 20.6 Å². The number of halogens is 3. The molecule has 0 aliphatic rings. The maximum Gasteiger partial charge on any atom is 0.422 e. The number of alkyl halides is 3. The quantitative estimate of drug-likeness (QED) is 0.643. The number of aryl methyl sites for hydroxylation is 1. The molecule has 2 aromatic rings. The molecule has 0 saturated carbocycles. The van der Waals surface area contributed by atoms with Gasteiger partial charge in [0.1, 0.15) is 11.4 Å². The number of benzene rings is 1. The number of carbonyl (C=O) groups is 1. The van der Waals surface area contributed by atoms with Gasteiger partial charge in [-0.3, -0.25) is 4.79 Å². The summed E-state index contributed by atoms with van der Waals surface area (Å²) in [5.41, 5.74) is -0.415. The molecular weight excluding hydrogens is 389 g/mol. The molecular formula is C19H23F3N4O3. The summed E-state index contributed by atoms with van der Waals surface area (Å²) in [5.74, 6) is -0.189. The first-order chi connectivity index (χ1) is 13.3. The van der Waals surface area contributed by atoms with Crippen LogP contribution in [0.3, 0.4) is 0 Å². The van der Waals surface area contributed by atoms with Crippen LogP contribution in [0.2, 0.25) is 0 Å². The molecule has 0 aliphatic carbocycles. The molecule has 1 amide bonds. The van der Waals surface area contributed by atoms with E-state index in [-0.39, 0.29) is 23.4 Å². The number of rotatable bonds is 7. The van der Waals surface area contributed by atoms with Crippen LogP contribution < -0.4 is 15.4 Å². The number of hydrogen-bond acceptors (Lipinski definition) is 6. The molecule has 158 valence electrons. The van der Waals surface area contributed by atoms with Crippen molar-refractivity contribution in [2.75, 3.05) is 17.2 Å². The van der Waals surface area contributed by atoms with E-state index < -0.39 is 24.3 Å². The van der Waals surface area contributed by atoms with E-state index in [4.69, 9.17) is 4.74 Å². The molecule has 29 heavy (non-hydrogen) atoms. The van der Waals surface area contributed by atoms with Crippen LogP contribution in [-0.2, 0) is 4.79 Å². The molecule has 3 N–H and O–H groups in total. The molecule has 2 rings (SSSR count). The molecule has 0 bridgehead atoms. The third kappa shape index (κ3) is 6.90. The fraction of sp³-hybridized carbons (Fsp3) is 0.421. The van der Waals surface area contributed by atoms with Gasteiger partial charge in [0, 0.05) is 0 Å². The molecule has 1 aromatic carbocycles. The van der Waals surface area contributed by atoms with Crippen molar-refractivity contribution in [1.29, 1.82) is 0 Å². The first-order valence-electron chi connectivity index (χ1n) is 8.78. The van der Waals surface area contributed by atoms with Gasteiger partial charge in [-0.05, 0) is 45.4 Å². The topological polar surface area (TPSA) is 96.4 Å². The van der Waals surface area contributed by atoms with Crippen LogP contribution in [0, 0.1) is 6.92 Å². The van der Waals surface area contributed by atoms with Crippen LogP contribution >= 0.6 is 0 Å². The fourth-order valence-electron chi connectivity index (χ4n) is 2.26. The van der Waals surface area contributed by atoms with Crippen molar-refractivity contribution in [2.45, 2.75) is 45.5 Å². The SMILES string of the molecule is Cc1cnc(NC(C)c2cccc(OCC(F)(F)F)c2)c(NC(=O)C(C)(C)O)n1. The molecule has 1 heterocycles. The number of ether oxygens (including phenoxy) is 1. The third-order valence-corrected chi connectivity index (χ3v) is 3.79. The summed E-state index contributed by atoms with van der Waals surface area (Å²) in [7, 11) is 0. The smallest absolute Gasteiger partial charge is 0.422 e. The Hall–Kier alpha value is -2.88. The zero-order chi connectivity index (χ0) is 21.8. The van der Waals surface area contributed by atoms with Gasteiger partial charge < -0.3 is 20.5 Å². The number of nitrogens with one attached hydrogen (secondary N) is 2. The lowest BCUT2D eigenvalue weighted by Crippen LogP contribution is -2.37. The maximum atomic E-state index is 12.3. The molecule has 1 aromatic heterocycles. The Morgan fingerprint density at radius 3 is 2.59 bits per heavy atom. The molecule has 7 nitrogen and oxygen atoms in total. The van der Waals surface area contributed by atoms with Gasteiger partial charge >= 0.3 is 6.18 Å². The Morgan fingerprint density at radius 1 is 1.28 bits per heavy atom. The van der Waals surface area contributed by atoms with Crippen molar-refractivity contribution >= 4 is 17.5 Å². The summed E-state index contributed by atoms with van der Waals surface area (Å²) in [5, 5.41) is 15.4. The van der Waals surface area contributed by atoms with E-state index in [1.807, 2.05) is 0 Å². The highest BCUT2D eigenvalue weighted by Gasteiger charge is 2.28. The Kier molecular flexibility index (Phi) is 6.68. The first kappa shape index (κ1) is 22.4. The van der Waals surface area contributed by atoms with E-state index in [1.165, 1.54) is 32.2 Å². The molecule has 1 atom stereocenters. The standard InChI is InChI=1S/C19H23F3N4O3/c1-11-9-23-15(16(24-11)26-17(27)18(3,4)28)25-12(2)13-6-5-7-14(8-13)29-10-19(20,21)22/h5-9,12,28H,10H2,1-4H3,(H,23,25)(H,24,26,27). The van der Waals surface area contributed by atoms with E-state index in [0.717, 1.165) is 0 Å². The molecule has 10 heteroatoms. The second kappa shape index (κ2) is 8.64. The van der Waals surface area contributed by atoms with E-state index in [9.17, 15) is 23.1 Å². The highest BCUT2D eigenvalue weighted by atomic mass is 19.4. The minimum atomic E-state index is -4.43. The number of anilines is 2. The molecule has 0 fully saturated rings. The number of aromatic nitrogens is 2. The maximum absolute atomic E-state index is 12.3. The number of carbonyl (C=O) groups excluding carboxylic acids is 1. The van der Waals surface area contributed by atoms with Crippen molar-refractivity contribution in [1.82, 2.24) is 9.97 Å². The van der Waals surface area contributed by atoms with Gasteiger partial charge in [-0.25, -0.2) is 9.97 Å². The lowest BCUT2D eigenvalue weighted by atomic mass is 10.1. The summed E-state index contributed by atoms with van der Waals surface area (Å²) >= 11 is 0. The number of aliphatic hydroxyl groups is 1. The summed E-state index contributed by atoms with van der Waals surface area (Å²) in [4.78, 5) is 20.5. The van der Waals surface area contributed by atoms with E-state index in [0.29, 0.717) is 11.3 Å². The van der Waals surface area contributed by atoms with E-state index >= 15 is 0 Å². The molecule has 0 saturated heterocycles. The summed E-state index contributed by atoms with van der Waals surface area (Å²) in [6, 6.07) is 5.83. The first-order valence-corrected chi connectivity index (χ1v) is 8.78. The minimum Gasteiger partial charge on any atom is -0.484 e. The number of hydrogen-bond donors (Lipinski definition) is 3. The van der Waals surface area contributed by atoms with Gasteiger partial charge in [-0.1, -0.05) is 12.1 Å². The van der Waals surface area contributed by atoms with Gasteiger partial charge in [0.05, 0.1) is 17.9 Å². The number of nitrogens with zero attached hydrogens (tertiary/aromatic N) is 2. The highest BCUT2D eigenvalue weighted by molar-refractivity contribution is 5.97. The molecule has 1 unspecified atom stereocenters. The fourth-order valence-corrected chi connectivity index (χ4v) is 2.26. The molecule has 0 aliphatic heterocycles. The average molecular weight is 412 g/mol. The zero-order valence-electron chi connectivity index (χ0n) is 16.5. The van der Waals surface area contributed by atoms with Crippen LogP contribution in [0.15, 0.2) is 30.5 Å². The molecule has 0 spiro atoms. The lowest BCUT2D eigenvalue weighted by molar-refractivity contribution is -0.153. The van der Waals surface area contributed by atoms with Crippen LogP contribution in [0.1, 0.15) is 38.1 Å². The van der Waals surface area contributed by atoms with Crippen LogP contribution in [0.5, 0.6) is 5.75 Å². The van der Waals surface area contributed by atoms with Gasteiger partial charge in [0.2, 0.25) is 0 Å². The predicted octanol–water partition coefficient (Wildman–Crippen LogP) is 3.61. The second-order valence-electron chi connectivity index (χ2n) is 7.06. The van der Waals surface area contributed by atoms with Crippen molar-refractivity contribution in [3.05, 3.63) is 41.7 Å². The normalized spacial score (nSPS) is 13.0. The minimum absolute atomic E-state index is 0.0824. The van der Waals surface area contributed by atoms with Crippen LogP contribution in [0.4, 0.5) is 24.8 Å². The molecule has 0 radical (unpaired) electrons. The van der Waals surface area contributed by atoms with Crippen molar-refractivity contribution < 1.29 is 27.8 Å². The largest absolute Gasteiger partial charge is 0.484 e. The van der Waals surface area contributed by atoms with Crippen LogP contribution in [0.25, 0.3) is 0 Å². The van der Waals surface area contributed by atoms with E-state index in [1.54, 1.807) is 26.0 Å². The lowest BCUT2D eigenvalue weighted by Gasteiger charge is -2.20. The Labute approximate surface area is 166 Å². The Balaban J connectivity index is 2.18. The average Bonchev–Trinajstić information content (AvgIpc) is 2.61. The van der Waals surface area contributed by atoms with Crippen molar-refractivity contribution in [3.8, 4) is 5.75 Å². The Morgan fingerprint density at radius 2 is 1.97 bits per heavy atom. The third-order valence-electron chi connectivity index (χ3n) is 3.79. The van der Waals surface area contributed by atoms with Crippen molar-refractivity contribution in [3.63, 3.8) is 0 Å². The monoisotopic (exact) mass is 412 g/mol. The van der Waals surface area contributed by atoms with Crippen LogP contribution in [-0.4, -0.2) is 39.4 Å². The van der Waals surface area contributed by atoms with Gasteiger partial charge in [0.15, 0.2) is 18.2 Å².